The van der Waals surface area contributed by atoms with Gasteiger partial charge in [0.2, 0.25) is 18.5 Å². The second-order valence-corrected chi connectivity index (χ2v) is 7.62. The van der Waals surface area contributed by atoms with Crippen molar-refractivity contribution in [2.24, 2.45) is 0 Å². The highest BCUT2D eigenvalue weighted by Gasteiger charge is 2.17. The van der Waals surface area contributed by atoms with Gasteiger partial charge in [-0.05, 0) is 36.4 Å². The number of nitrogens with zero attached hydrogens (tertiary/aromatic N) is 5. The molecule has 2 aromatic carbocycles. The Morgan fingerprint density at radius 3 is 2.81 bits per heavy atom. The number of benzene rings is 2. The third-order valence-electron chi connectivity index (χ3n) is 5.13. The van der Waals surface area contributed by atoms with E-state index in [4.69, 9.17) is 25.6 Å². The lowest BCUT2D eigenvalue weighted by atomic mass is 10.1. The number of ether oxygens (including phenoxy) is 2. The molecule has 0 atom stereocenters. The molecule has 0 amide bonds. The van der Waals surface area contributed by atoms with Gasteiger partial charge in [-0.2, -0.15) is 10.1 Å². The Morgan fingerprint density at radius 2 is 1.91 bits per heavy atom. The van der Waals surface area contributed by atoms with Gasteiger partial charge >= 0.3 is 0 Å². The summed E-state index contributed by atoms with van der Waals surface area (Å²) >= 11 is 6.03. The predicted octanol–water partition coefficient (Wildman–Crippen LogP) is 3.64. The van der Waals surface area contributed by atoms with Gasteiger partial charge in [-0.3, -0.25) is 4.79 Å². The minimum absolute atomic E-state index is 0.132. The summed E-state index contributed by atoms with van der Waals surface area (Å²) in [4.78, 5) is 17.4. The van der Waals surface area contributed by atoms with Crippen LogP contribution in [-0.4, -0.2) is 31.1 Å². The monoisotopic (exact) mass is 447 g/mol. The Bertz CT molecular complexity index is 1540. The summed E-state index contributed by atoms with van der Waals surface area (Å²) in [5, 5.41) is 9.08. The third kappa shape index (κ3) is 3.19. The summed E-state index contributed by atoms with van der Waals surface area (Å²) in [5.41, 5.74) is 2.41. The molecule has 4 heterocycles. The zero-order valence-corrected chi connectivity index (χ0v) is 17.2. The molecule has 0 aliphatic carbocycles. The molecule has 0 saturated carbocycles. The average molecular weight is 448 g/mol. The molecule has 3 aromatic heterocycles. The SMILES string of the molecule is O=c1c2cc(-c3ccc4c(c3)OCO4)nn2ccn1Cc1nc(-c2cccc(Cl)c2)no1. The van der Waals surface area contributed by atoms with Crippen molar-refractivity contribution < 1.29 is 14.0 Å². The zero-order chi connectivity index (χ0) is 21.7. The number of aromatic nitrogens is 5. The van der Waals surface area contributed by atoms with E-state index < -0.39 is 0 Å². The van der Waals surface area contributed by atoms with E-state index in [9.17, 15) is 4.79 Å². The third-order valence-corrected chi connectivity index (χ3v) is 5.36. The average Bonchev–Trinajstić information content (AvgIpc) is 3.55. The number of fused-ring (bicyclic) bond motifs is 2. The van der Waals surface area contributed by atoms with E-state index in [0.717, 1.165) is 11.1 Å². The molecule has 0 bridgehead atoms. The van der Waals surface area contributed by atoms with Crippen LogP contribution in [0.4, 0.5) is 0 Å². The van der Waals surface area contributed by atoms with Crippen molar-refractivity contribution in [1.29, 1.82) is 0 Å². The molecule has 10 heteroatoms. The highest BCUT2D eigenvalue weighted by atomic mass is 35.5. The van der Waals surface area contributed by atoms with Crippen LogP contribution in [0.5, 0.6) is 11.5 Å². The molecule has 0 saturated heterocycles. The van der Waals surface area contributed by atoms with Crippen LogP contribution in [0.1, 0.15) is 5.89 Å². The van der Waals surface area contributed by atoms with E-state index in [2.05, 4.69) is 15.2 Å². The van der Waals surface area contributed by atoms with Crippen molar-refractivity contribution in [3.63, 3.8) is 0 Å². The van der Waals surface area contributed by atoms with Gasteiger partial charge in [0.05, 0.1) is 5.69 Å². The summed E-state index contributed by atoms with van der Waals surface area (Å²) in [5.74, 6) is 2.06. The van der Waals surface area contributed by atoms with Gasteiger partial charge in [0.25, 0.3) is 5.56 Å². The molecule has 158 valence electrons. The largest absolute Gasteiger partial charge is 0.454 e. The van der Waals surface area contributed by atoms with E-state index in [-0.39, 0.29) is 18.9 Å². The molecular formula is C22H14ClN5O4. The van der Waals surface area contributed by atoms with Gasteiger partial charge in [0.15, 0.2) is 11.5 Å². The summed E-state index contributed by atoms with van der Waals surface area (Å²) in [6.45, 7) is 0.330. The Kier molecular flexibility index (Phi) is 4.22. The van der Waals surface area contributed by atoms with E-state index in [1.165, 1.54) is 4.57 Å². The van der Waals surface area contributed by atoms with Crippen molar-refractivity contribution in [2.45, 2.75) is 6.54 Å². The molecule has 9 nitrogen and oxygen atoms in total. The highest BCUT2D eigenvalue weighted by Crippen LogP contribution is 2.35. The van der Waals surface area contributed by atoms with Crippen LogP contribution >= 0.6 is 11.6 Å². The van der Waals surface area contributed by atoms with Crippen LogP contribution in [0.3, 0.4) is 0 Å². The van der Waals surface area contributed by atoms with Crippen molar-refractivity contribution in [3.05, 3.63) is 82.2 Å². The van der Waals surface area contributed by atoms with Crippen LogP contribution < -0.4 is 15.0 Å². The summed E-state index contributed by atoms with van der Waals surface area (Å²) in [6, 6.07) is 14.4. The Labute approximate surface area is 185 Å². The summed E-state index contributed by atoms with van der Waals surface area (Å²) < 4.78 is 19.2. The lowest BCUT2D eigenvalue weighted by Gasteiger charge is -2.02. The van der Waals surface area contributed by atoms with Gasteiger partial charge < -0.3 is 18.6 Å². The molecule has 0 spiro atoms. The first-order chi connectivity index (χ1) is 15.6. The Morgan fingerprint density at radius 1 is 1.00 bits per heavy atom. The van der Waals surface area contributed by atoms with Crippen LogP contribution in [0.25, 0.3) is 28.2 Å². The number of hydrogen-bond acceptors (Lipinski definition) is 7. The van der Waals surface area contributed by atoms with Gasteiger partial charge in [-0.1, -0.05) is 28.9 Å². The molecule has 1 aliphatic rings. The molecule has 0 N–H and O–H groups in total. The molecule has 1 aliphatic heterocycles. The number of halogens is 1. The lowest BCUT2D eigenvalue weighted by molar-refractivity contribution is 0.174. The minimum Gasteiger partial charge on any atom is -0.454 e. The topological polar surface area (TPSA) is 96.7 Å². The van der Waals surface area contributed by atoms with Gasteiger partial charge in [-0.25, -0.2) is 4.52 Å². The van der Waals surface area contributed by atoms with Gasteiger partial charge in [0.1, 0.15) is 12.1 Å². The van der Waals surface area contributed by atoms with Crippen LogP contribution in [0, 0.1) is 0 Å². The maximum atomic E-state index is 13.0. The van der Waals surface area contributed by atoms with Crippen LogP contribution in [0.15, 0.2) is 70.2 Å². The van der Waals surface area contributed by atoms with E-state index in [0.29, 0.717) is 39.4 Å². The van der Waals surface area contributed by atoms with Crippen molar-refractivity contribution in [2.75, 3.05) is 6.79 Å². The summed E-state index contributed by atoms with van der Waals surface area (Å²) in [7, 11) is 0. The smallest absolute Gasteiger partial charge is 0.277 e. The Balaban J connectivity index is 1.31. The predicted molar refractivity (Wildman–Crippen MR) is 115 cm³/mol. The van der Waals surface area contributed by atoms with E-state index in [1.807, 2.05) is 30.3 Å². The molecule has 32 heavy (non-hydrogen) atoms. The minimum atomic E-state index is -0.227. The molecule has 0 radical (unpaired) electrons. The maximum Gasteiger partial charge on any atom is 0.277 e. The Hall–Kier alpha value is -4.11. The van der Waals surface area contributed by atoms with Crippen molar-refractivity contribution in [3.8, 4) is 34.1 Å². The molecule has 0 unspecified atom stereocenters. The quantitative estimate of drug-likeness (QED) is 0.415. The van der Waals surface area contributed by atoms with Crippen LogP contribution in [0.2, 0.25) is 5.02 Å². The fourth-order valence-corrected chi connectivity index (χ4v) is 3.75. The van der Waals surface area contributed by atoms with E-state index in [1.54, 1.807) is 35.1 Å². The second kappa shape index (κ2) is 7.24. The van der Waals surface area contributed by atoms with Crippen LogP contribution in [-0.2, 0) is 6.54 Å². The molecule has 6 rings (SSSR count). The zero-order valence-electron chi connectivity index (χ0n) is 16.4. The lowest BCUT2D eigenvalue weighted by Crippen LogP contribution is -2.21. The summed E-state index contributed by atoms with van der Waals surface area (Å²) in [6.07, 6.45) is 3.34. The molecule has 0 fully saturated rings. The first kappa shape index (κ1) is 18.6. The molecule has 5 aromatic rings. The first-order valence-electron chi connectivity index (χ1n) is 9.71. The van der Waals surface area contributed by atoms with E-state index >= 15 is 0 Å². The number of rotatable bonds is 4. The van der Waals surface area contributed by atoms with Gasteiger partial charge in [-0.15, -0.1) is 0 Å². The standard InChI is InChI=1S/C22H14ClN5O4/c23-15-3-1-2-14(8-15)21-24-20(32-26-21)11-27-6-7-28-17(22(27)29)10-16(25-28)13-4-5-18-19(9-13)31-12-30-18/h1-10H,11-12H2. The second-order valence-electron chi connectivity index (χ2n) is 7.18. The van der Waals surface area contributed by atoms with Crippen molar-refractivity contribution >= 4 is 17.1 Å². The first-order valence-corrected chi connectivity index (χ1v) is 10.1. The fraction of sp³-hybridized carbons (Fsp3) is 0.0909. The van der Waals surface area contributed by atoms with Crippen molar-refractivity contribution in [1.82, 2.24) is 24.3 Å². The molecular weight excluding hydrogens is 434 g/mol. The maximum absolute atomic E-state index is 13.0. The van der Waals surface area contributed by atoms with Gasteiger partial charge in [0, 0.05) is 28.5 Å². The normalized spacial score (nSPS) is 12.5. The number of hydrogen-bond donors (Lipinski definition) is 0. The highest BCUT2D eigenvalue weighted by molar-refractivity contribution is 6.30. The fourth-order valence-electron chi connectivity index (χ4n) is 3.56.